The molecule has 0 atom stereocenters. The normalized spacial score (nSPS) is 12.2. The van der Waals surface area contributed by atoms with Crippen molar-refractivity contribution in [2.75, 3.05) is 5.32 Å². The van der Waals surface area contributed by atoms with Crippen LogP contribution in [0.15, 0.2) is 60.8 Å². The van der Waals surface area contributed by atoms with Crippen molar-refractivity contribution >= 4 is 11.7 Å². The van der Waals surface area contributed by atoms with Gasteiger partial charge in [-0.25, -0.2) is 4.68 Å². The molecule has 1 amide bonds. The summed E-state index contributed by atoms with van der Waals surface area (Å²) in [5.41, 5.74) is 2.59. The quantitative estimate of drug-likeness (QED) is 0.659. The van der Waals surface area contributed by atoms with Crippen molar-refractivity contribution in [2.45, 2.75) is 39.7 Å². The largest absolute Gasteiger partial charge is 0.307 e. The van der Waals surface area contributed by atoms with Crippen LogP contribution in [0.5, 0.6) is 0 Å². The summed E-state index contributed by atoms with van der Waals surface area (Å²) in [5, 5.41) is 7.14. The molecule has 1 N–H and O–H groups in total. The van der Waals surface area contributed by atoms with Crippen LogP contribution in [0.4, 0.5) is 5.82 Å². The highest BCUT2D eigenvalue weighted by molar-refractivity contribution is 5.98. The first-order valence-electron chi connectivity index (χ1n) is 8.12. The Morgan fingerprint density at radius 1 is 1.17 bits per heavy atom. The third-order valence-electron chi connectivity index (χ3n) is 3.67. The zero-order valence-electron chi connectivity index (χ0n) is 14.8. The van der Waals surface area contributed by atoms with Gasteiger partial charge in [-0.1, -0.05) is 63.3 Å². The lowest BCUT2D eigenvalue weighted by Gasteiger charge is -2.19. The number of nitrogens with one attached hydrogen (secondary N) is 1. The fraction of sp³-hybridized carbons (Fsp3) is 0.300. The highest BCUT2D eigenvalue weighted by Gasteiger charge is 2.13. The Kier molecular flexibility index (Phi) is 5.74. The summed E-state index contributed by atoms with van der Waals surface area (Å²) in [6.45, 7) is 9.12. The third-order valence-corrected chi connectivity index (χ3v) is 3.67. The lowest BCUT2D eigenvalue weighted by Crippen LogP contribution is -2.14. The first-order chi connectivity index (χ1) is 11.4. The molecule has 0 aliphatic heterocycles. The number of rotatable bonds is 5. The number of nitrogens with zero attached hydrogens (tertiary/aromatic N) is 2. The minimum Gasteiger partial charge on any atom is -0.307 e. The summed E-state index contributed by atoms with van der Waals surface area (Å²) < 4.78 is 1.79. The van der Waals surface area contributed by atoms with E-state index in [9.17, 15) is 4.79 Å². The molecule has 0 saturated heterocycles. The molecule has 1 aromatic heterocycles. The van der Waals surface area contributed by atoms with Crippen LogP contribution in [-0.2, 0) is 16.8 Å². The molecular formula is C20H25N3O. The highest BCUT2D eigenvalue weighted by atomic mass is 16.1. The SMILES string of the molecule is C/C=C/C=C/C(=O)Nc1ccnn1Cc1ccc(C(C)(C)C)cc1. The molecule has 0 bridgehead atoms. The summed E-state index contributed by atoms with van der Waals surface area (Å²) in [4.78, 5) is 11.9. The van der Waals surface area contributed by atoms with E-state index in [0.717, 1.165) is 5.56 Å². The Morgan fingerprint density at radius 2 is 1.88 bits per heavy atom. The van der Waals surface area contributed by atoms with Gasteiger partial charge in [0.2, 0.25) is 5.91 Å². The topological polar surface area (TPSA) is 46.9 Å². The molecule has 4 nitrogen and oxygen atoms in total. The second-order valence-corrected chi connectivity index (χ2v) is 6.70. The molecule has 0 unspecified atom stereocenters. The Balaban J connectivity index is 2.06. The van der Waals surface area contributed by atoms with Gasteiger partial charge in [-0.3, -0.25) is 4.79 Å². The zero-order chi connectivity index (χ0) is 17.6. The monoisotopic (exact) mass is 323 g/mol. The van der Waals surface area contributed by atoms with Crippen molar-refractivity contribution in [3.05, 3.63) is 72.0 Å². The van der Waals surface area contributed by atoms with E-state index in [-0.39, 0.29) is 11.3 Å². The first kappa shape index (κ1) is 17.7. The molecule has 0 aliphatic carbocycles. The molecule has 0 saturated carbocycles. The lowest BCUT2D eigenvalue weighted by molar-refractivity contribution is -0.111. The van der Waals surface area contributed by atoms with Crippen molar-refractivity contribution < 1.29 is 4.79 Å². The predicted octanol–water partition coefficient (Wildman–Crippen LogP) is 4.30. The lowest BCUT2D eigenvalue weighted by atomic mass is 9.87. The fourth-order valence-corrected chi connectivity index (χ4v) is 2.27. The minimum absolute atomic E-state index is 0.142. The zero-order valence-corrected chi connectivity index (χ0v) is 14.8. The summed E-state index contributed by atoms with van der Waals surface area (Å²) in [6.07, 6.45) is 8.58. The number of amides is 1. The van der Waals surface area contributed by atoms with Gasteiger partial charge in [-0.15, -0.1) is 0 Å². The fourth-order valence-electron chi connectivity index (χ4n) is 2.27. The summed E-state index contributed by atoms with van der Waals surface area (Å²) in [6, 6.07) is 10.3. The molecule has 0 fully saturated rings. The molecule has 126 valence electrons. The van der Waals surface area contributed by atoms with Crippen LogP contribution in [0.25, 0.3) is 0 Å². The smallest absolute Gasteiger partial charge is 0.249 e. The second-order valence-electron chi connectivity index (χ2n) is 6.70. The number of benzene rings is 1. The van der Waals surface area contributed by atoms with E-state index in [1.165, 1.54) is 11.6 Å². The molecule has 0 aliphatic rings. The van der Waals surface area contributed by atoms with Crippen molar-refractivity contribution in [3.8, 4) is 0 Å². The van der Waals surface area contributed by atoms with Crippen molar-refractivity contribution in [3.63, 3.8) is 0 Å². The van der Waals surface area contributed by atoms with E-state index in [1.54, 1.807) is 23.0 Å². The van der Waals surface area contributed by atoms with Crippen LogP contribution in [0.3, 0.4) is 0 Å². The van der Waals surface area contributed by atoms with Crippen LogP contribution in [-0.4, -0.2) is 15.7 Å². The molecule has 2 rings (SSSR count). The van der Waals surface area contributed by atoms with Crippen LogP contribution in [0.1, 0.15) is 38.8 Å². The number of hydrogen-bond acceptors (Lipinski definition) is 2. The van der Waals surface area contributed by atoms with Gasteiger partial charge < -0.3 is 5.32 Å². The Morgan fingerprint density at radius 3 is 2.50 bits per heavy atom. The van der Waals surface area contributed by atoms with E-state index < -0.39 is 0 Å². The standard InChI is InChI=1S/C20H25N3O/c1-5-6-7-8-19(24)22-18-13-14-21-23(18)15-16-9-11-17(12-10-16)20(2,3)4/h5-14H,15H2,1-4H3,(H,22,24)/b6-5+,8-7+. The average Bonchev–Trinajstić information content (AvgIpc) is 2.94. The molecule has 1 aromatic carbocycles. The van der Waals surface area contributed by atoms with Crippen molar-refractivity contribution in [1.29, 1.82) is 0 Å². The van der Waals surface area contributed by atoms with Gasteiger partial charge in [-0.05, 0) is 23.5 Å². The molecule has 0 spiro atoms. The van der Waals surface area contributed by atoms with Crippen LogP contribution in [0, 0.1) is 0 Å². The maximum Gasteiger partial charge on any atom is 0.249 e. The van der Waals surface area contributed by atoms with Crippen LogP contribution >= 0.6 is 0 Å². The van der Waals surface area contributed by atoms with Crippen molar-refractivity contribution in [2.24, 2.45) is 0 Å². The number of hydrogen-bond donors (Lipinski definition) is 1. The van der Waals surface area contributed by atoms with Crippen LogP contribution in [0.2, 0.25) is 0 Å². The van der Waals surface area contributed by atoms with E-state index >= 15 is 0 Å². The second kappa shape index (κ2) is 7.77. The average molecular weight is 323 g/mol. The Bertz CT molecular complexity index is 731. The molecular weight excluding hydrogens is 298 g/mol. The molecule has 4 heteroatoms. The maximum atomic E-state index is 11.9. The number of allylic oxidation sites excluding steroid dienone is 3. The van der Waals surface area contributed by atoms with Crippen molar-refractivity contribution in [1.82, 2.24) is 9.78 Å². The van der Waals surface area contributed by atoms with Gasteiger partial charge in [0, 0.05) is 12.1 Å². The predicted molar refractivity (Wildman–Crippen MR) is 99.1 cm³/mol. The number of aromatic nitrogens is 2. The number of carbonyl (C=O) groups is 1. The third kappa shape index (κ3) is 4.95. The molecule has 2 aromatic rings. The summed E-state index contributed by atoms with van der Waals surface area (Å²) in [7, 11) is 0. The molecule has 0 radical (unpaired) electrons. The Hall–Kier alpha value is -2.62. The van der Waals surface area contributed by atoms with E-state index in [1.807, 2.05) is 19.1 Å². The van der Waals surface area contributed by atoms with Gasteiger partial charge in [0.15, 0.2) is 0 Å². The van der Waals surface area contributed by atoms with Crippen LogP contribution < -0.4 is 5.32 Å². The Labute approximate surface area is 143 Å². The number of anilines is 1. The molecule has 1 heterocycles. The van der Waals surface area contributed by atoms with E-state index in [4.69, 9.17) is 0 Å². The summed E-state index contributed by atoms with van der Waals surface area (Å²) >= 11 is 0. The molecule has 24 heavy (non-hydrogen) atoms. The van der Waals surface area contributed by atoms with Gasteiger partial charge in [0.1, 0.15) is 5.82 Å². The summed E-state index contributed by atoms with van der Waals surface area (Å²) in [5.74, 6) is 0.517. The number of carbonyl (C=O) groups excluding carboxylic acids is 1. The highest BCUT2D eigenvalue weighted by Crippen LogP contribution is 2.22. The van der Waals surface area contributed by atoms with Gasteiger partial charge in [-0.2, -0.15) is 5.10 Å². The maximum absolute atomic E-state index is 11.9. The minimum atomic E-state index is -0.169. The van der Waals surface area contributed by atoms with Gasteiger partial charge >= 0.3 is 0 Å². The van der Waals surface area contributed by atoms with E-state index in [2.05, 4.69) is 55.5 Å². The first-order valence-corrected chi connectivity index (χ1v) is 8.12. The van der Waals surface area contributed by atoms with Gasteiger partial charge in [0.25, 0.3) is 0 Å². The van der Waals surface area contributed by atoms with Gasteiger partial charge in [0.05, 0.1) is 12.7 Å². The van der Waals surface area contributed by atoms with E-state index in [0.29, 0.717) is 12.4 Å².